The Morgan fingerprint density at radius 2 is 1.81 bits per heavy atom. The maximum Gasteiger partial charge on any atom is 0.337 e. The van der Waals surface area contributed by atoms with Crippen LogP contribution < -0.4 is 0 Å². The van der Waals surface area contributed by atoms with Crippen LogP contribution in [0.3, 0.4) is 0 Å². The molecule has 0 aromatic heterocycles. The molecule has 2 aromatic carbocycles. The highest BCUT2D eigenvalue weighted by molar-refractivity contribution is 6.00. The van der Waals surface area contributed by atoms with Crippen LogP contribution in [0.2, 0.25) is 0 Å². The topological polar surface area (TPSA) is 66.7 Å². The molecule has 0 heterocycles. The number of aliphatic imine (C=N–C) groups is 1. The van der Waals surface area contributed by atoms with Crippen LogP contribution in [0.5, 0.6) is 0 Å². The van der Waals surface area contributed by atoms with E-state index in [0.29, 0.717) is 0 Å². The summed E-state index contributed by atoms with van der Waals surface area (Å²) < 4.78 is 0. The lowest BCUT2D eigenvalue weighted by Crippen LogP contribution is -1.96. The number of carboxylic acids is 1. The zero-order valence-electron chi connectivity index (χ0n) is 8.18. The number of hydrogen-bond donors (Lipinski definition) is 1. The SMILES string of the molecule is O=C=Nc1cc2ccccc2cc1C(=O)O. The zero-order chi connectivity index (χ0) is 11.5. The molecule has 4 nitrogen and oxygen atoms in total. The van der Waals surface area contributed by atoms with E-state index in [1.165, 1.54) is 12.1 Å². The fourth-order valence-corrected chi connectivity index (χ4v) is 1.54. The van der Waals surface area contributed by atoms with E-state index in [1.54, 1.807) is 12.1 Å². The summed E-state index contributed by atoms with van der Waals surface area (Å²) in [6, 6.07) is 10.3. The number of carboxylic acid groups (broad SMARTS) is 1. The van der Waals surface area contributed by atoms with Gasteiger partial charge in [-0.25, -0.2) is 9.59 Å². The minimum Gasteiger partial charge on any atom is -0.478 e. The first-order chi connectivity index (χ1) is 7.72. The first kappa shape index (κ1) is 10.1. The zero-order valence-corrected chi connectivity index (χ0v) is 8.18. The van der Waals surface area contributed by atoms with Crippen molar-refractivity contribution in [3.8, 4) is 0 Å². The van der Waals surface area contributed by atoms with Crippen LogP contribution in [0.4, 0.5) is 5.69 Å². The highest BCUT2D eigenvalue weighted by atomic mass is 16.4. The largest absolute Gasteiger partial charge is 0.478 e. The summed E-state index contributed by atoms with van der Waals surface area (Å²) in [4.78, 5) is 24.5. The normalized spacial score (nSPS) is 9.75. The molecule has 0 aliphatic carbocycles. The van der Waals surface area contributed by atoms with Crippen molar-refractivity contribution in [2.45, 2.75) is 0 Å². The minimum atomic E-state index is -1.11. The summed E-state index contributed by atoms with van der Waals surface area (Å²) in [5.41, 5.74) is 0.128. The first-order valence-electron chi connectivity index (χ1n) is 4.56. The van der Waals surface area contributed by atoms with Gasteiger partial charge in [0, 0.05) is 0 Å². The van der Waals surface area contributed by atoms with E-state index in [0.717, 1.165) is 10.8 Å². The van der Waals surface area contributed by atoms with Gasteiger partial charge < -0.3 is 5.11 Å². The predicted molar refractivity (Wildman–Crippen MR) is 58.7 cm³/mol. The standard InChI is InChI=1S/C12H7NO3/c14-7-13-11-6-9-4-2-1-3-8(9)5-10(11)12(15)16/h1-6H,(H,15,16). The van der Waals surface area contributed by atoms with E-state index in [9.17, 15) is 9.59 Å². The molecule has 16 heavy (non-hydrogen) atoms. The van der Waals surface area contributed by atoms with E-state index in [-0.39, 0.29) is 11.3 Å². The second-order valence-corrected chi connectivity index (χ2v) is 3.22. The molecule has 2 aromatic rings. The van der Waals surface area contributed by atoms with Gasteiger partial charge in [0.1, 0.15) is 0 Å². The van der Waals surface area contributed by atoms with Crippen molar-refractivity contribution in [2.75, 3.05) is 0 Å². The molecule has 0 saturated carbocycles. The lowest BCUT2D eigenvalue weighted by Gasteiger charge is -2.02. The van der Waals surface area contributed by atoms with Crippen molar-refractivity contribution in [2.24, 2.45) is 4.99 Å². The maximum atomic E-state index is 11.0. The Balaban J connectivity index is 2.80. The number of rotatable bonds is 2. The fraction of sp³-hybridized carbons (Fsp3) is 0. The summed E-state index contributed by atoms with van der Waals surface area (Å²) in [5.74, 6) is -1.11. The molecule has 78 valence electrons. The van der Waals surface area contributed by atoms with Gasteiger partial charge in [0.05, 0.1) is 11.3 Å². The van der Waals surface area contributed by atoms with Crippen LogP contribution in [-0.4, -0.2) is 17.2 Å². The van der Waals surface area contributed by atoms with Crippen LogP contribution in [0, 0.1) is 0 Å². The third-order valence-electron chi connectivity index (χ3n) is 2.26. The van der Waals surface area contributed by atoms with Crippen LogP contribution in [0.25, 0.3) is 10.8 Å². The quantitative estimate of drug-likeness (QED) is 0.615. The Kier molecular flexibility index (Phi) is 2.50. The molecular weight excluding hydrogens is 206 g/mol. The van der Waals surface area contributed by atoms with Crippen LogP contribution >= 0.6 is 0 Å². The molecule has 0 aliphatic rings. The van der Waals surface area contributed by atoms with E-state index in [1.807, 2.05) is 18.2 Å². The molecule has 0 fully saturated rings. The van der Waals surface area contributed by atoms with Crippen LogP contribution in [0.15, 0.2) is 41.4 Å². The fourth-order valence-electron chi connectivity index (χ4n) is 1.54. The second-order valence-electron chi connectivity index (χ2n) is 3.22. The van der Waals surface area contributed by atoms with Crippen molar-refractivity contribution >= 4 is 28.5 Å². The van der Waals surface area contributed by atoms with Crippen molar-refractivity contribution in [1.82, 2.24) is 0 Å². The van der Waals surface area contributed by atoms with Crippen LogP contribution in [0.1, 0.15) is 10.4 Å². The molecule has 0 bridgehead atoms. The number of aromatic carboxylic acids is 1. The Hall–Kier alpha value is -2.45. The summed E-state index contributed by atoms with van der Waals surface area (Å²) in [7, 11) is 0. The van der Waals surface area contributed by atoms with Gasteiger partial charge in [-0.15, -0.1) is 0 Å². The number of carbonyl (C=O) groups excluding carboxylic acids is 1. The molecule has 0 aliphatic heterocycles. The number of benzene rings is 2. The van der Waals surface area contributed by atoms with E-state index in [4.69, 9.17) is 5.11 Å². The molecule has 0 radical (unpaired) electrons. The molecular formula is C12H7NO3. The monoisotopic (exact) mass is 213 g/mol. The van der Waals surface area contributed by atoms with Gasteiger partial charge in [-0.05, 0) is 22.9 Å². The minimum absolute atomic E-state index is 0.00190. The Labute approximate surface area is 90.9 Å². The molecule has 2 rings (SSSR count). The van der Waals surface area contributed by atoms with Gasteiger partial charge in [-0.3, -0.25) is 0 Å². The Bertz CT molecular complexity index is 572. The number of hydrogen-bond acceptors (Lipinski definition) is 3. The molecule has 0 unspecified atom stereocenters. The van der Waals surface area contributed by atoms with Gasteiger partial charge in [-0.2, -0.15) is 4.99 Å². The molecule has 0 spiro atoms. The molecule has 0 atom stereocenters. The van der Waals surface area contributed by atoms with Gasteiger partial charge >= 0.3 is 5.97 Å². The van der Waals surface area contributed by atoms with Crippen molar-refractivity contribution in [3.05, 3.63) is 42.0 Å². The summed E-state index contributed by atoms with van der Waals surface area (Å²) in [6.07, 6.45) is 1.36. The average molecular weight is 213 g/mol. The van der Waals surface area contributed by atoms with Crippen LogP contribution in [-0.2, 0) is 4.79 Å². The van der Waals surface area contributed by atoms with Gasteiger partial charge in [-0.1, -0.05) is 24.3 Å². The molecule has 0 amide bonds. The third-order valence-corrected chi connectivity index (χ3v) is 2.26. The van der Waals surface area contributed by atoms with Crippen molar-refractivity contribution in [1.29, 1.82) is 0 Å². The third kappa shape index (κ3) is 1.69. The molecule has 1 N–H and O–H groups in total. The highest BCUT2D eigenvalue weighted by Gasteiger charge is 2.10. The summed E-state index contributed by atoms with van der Waals surface area (Å²) in [6.45, 7) is 0. The number of carbonyl (C=O) groups is 1. The Morgan fingerprint density at radius 3 is 2.38 bits per heavy atom. The number of fused-ring (bicyclic) bond motifs is 1. The second kappa shape index (κ2) is 3.96. The van der Waals surface area contributed by atoms with Gasteiger partial charge in [0.2, 0.25) is 6.08 Å². The molecule has 4 heteroatoms. The average Bonchev–Trinajstić information content (AvgIpc) is 2.28. The van der Waals surface area contributed by atoms with E-state index >= 15 is 0 Å². The van der Waals surface area contributed by atoms with Crippen molar-refractivity contribution in [3.63, 3.8) is 0 Å². The summed E-state index contributed by atoms with van der Waals surface area (Å²) >= 11 is 0. The van der Waals surface area contributed by atoms with Crippen molar-refractivity contribution < 1.29 is 14.7 Å². The summed E-state index contributed by atoms with van der Waals surface area (Å²) in [5, 5.41) is 10.6. The van der Waals surface area contributed by atoms with Gasteiger partial charge in [0.25, 0.3) is 0 Å². The first-order valence-corrected chi connectivity index (χ1v) is 4.56. The van der Waals surface area contributed by atoms with E-state index < -0.39 is 5.97 Å². The lowest BCUT2D eigenvalue weighted by molar-refractivity contribution is 0.0698. The predicted octanol–water partition coefficient (Wildman–Crippen LogP) is 2.51. The van der Waals surface area contributed by atoms with E-state index in [2.05, 4.69) is 4.99 Å². The molecule has 0 saturated heterocycles. The highest BCUT2D eigenvalue weighted by Crippen LogP contribution is 2.26. The number of isocyanates is 1. The van der Waals surface area contributed by atoms with Gasteiger partial charge in [0.15, 0.2) is 0 Å². The Morgan fingerprint density at radius 1 is 1.19 bits per heavy atom. The lowest BCUT2D eigenvalue weighted by atomic mass is 10.1. The maximum absolute atomic E-state index is 11.0. The smallest absolute Gasteiger partial charge is 0.337 e. The number of nitrogens with zero attached hydrogens (tertiary/aromatic N) is 1.